The van der Waals surface area contributed by atoms with E-state index in [0.717, 1.165) is 38.0 Å². The van der Waals surface area contributed by atoms with E-state index in [2.05, 4.69) is 22.8 Å². The van der Waals surface area contributed by atoms with Crippen molar-refractivity contribution < 1.29 is 0 Å². The second-order valence-corrected chi connectivity index (χ2v) is 6.03. The number of nitrogens with one attached hydrogen (secondary N) is 2. The first-order valence-electron chi connectivity index (χ1n) is 7.59. The van der Waals surface area contributed by atoms with Gasteiger partial charge in [-0.3, -0.25) is 0 Å². The molecule has 3 unspecified atom stereocenters. The summed E-state index contributed by atoms with van der Waals surface area (Å²) in [6, 6.07) is 10.2. The first-order chi connectivity index (χ1) is 10.8. The van der Waals surface area contributed by atoms with Gasteiger partial charge < -0.3 is 10.6 Å². The number of rotatable bonds is 1. The summed E-state index contributed by atoms with van der Waals surface area (Å²) in [5, 5.41) is 34.6. The molecule has 2 N–H and O–H groups in total. The molecule has 0 radical (unpaired) electrons. The maximum atomic E-state index is 9.25. The molecule has 2 saturated heterocycles. The Labute approximate surface area is 130 Å². The minimum Gasteiger partial charge on any atom is -0.315 e. The Morgan fingerprint density at radius 3 is 2.36 bits per heavy atom. The smallest absolute Gasteiger partial charge is 0.102 e. The monoisotopic (exact) mass is 291 g/mol. The van der Waals surface area contributed by atoms with Crippen molar-refractivity contribution in [3.63, 3.8) is 0 Å². The molecule has 2 fully saturated rings. The maximum absolute atomic E-state index is 9.25. The third-order valence-corrected chi connectivity index (χ3v) is 4.82. The molecule has 2 aliphatic heterocycles. The number of nitriles is 3. The van der Waals surface area contributed by atoms with Gasteiger partial charge in [0.2, 0.25) is 0 Å². The standard InChI is InChI=1S/C17H17N5/c18-6-13-4-12(5-14(7-19)16(13)8-20)15-3-11-1-2-21-10-17(11)22-9-15/h4-5,11,15,17,21-22H,1-3,9-10H2. The number of fused-ring (bicyclic) bond motifs is 1. The van der Waals surface area contributed by atoms with Crippen molar-refractivity contribution in [1.29, 1.82) is 15.8 Å². The summed E-state index contributed by atoms with van der Waals surface area (Å²) in [4.78, 5) is 0. The third-order valence-electron chi connectivity index (χ3n) is 4.82. The van der Waals surface area contributed by atoms with Crippen molar-refractivity contribution >= 4 is 0 Å². The van der Waals surface area contributed by atoms with Crippen LogP contribution in [0.4, 0.5) is 0 Å². The van der Waals surface area contributed by atoms with Crippen molar-refractivity contribution in [3.05, 3.63) is 34.4 Å². The maximum Gasteiger partial charge on any atom is 0.102 e. The summed E-state index contributed by atoms with van der Waals surface area (Å²) in [6.45, 7) is 2.91. The fourth-order valence-electron chi connectivity index (χ4n) is 3.63. The Morgan fingerprint density at radius 2 is 1.73 bits per heavy atom. The van der Waals surface area contributed by atoms with Gasteiger partial charge in [-0.25, -0.2) is 0 Å². The molecule has 5 nitrogen and oxygen atoms in total. The number of piperidine rings is 2. The second-order valence-electron chi connectivity index (χ2n) is 6.03. The molecule has 1 aromatic carbocycles. The molecule has 5 heteroatoms. The van der Waals surface area contributed by atoms with E-state index in [1.54, 1.807) is 12.1 Å². The average molecular weight is 291 g/mol. The Hall–Kier alpha value is -2.39. The van der Waals surface area contributed by atoms with E-state index in [4.69, 9.17) is 5.26 Å². The molecule has 22 heavy (non-hydrogen) atoms. The molecule has 110 valence electrons. The van der Waals surface area contributed by atoms with Gasteiger partial charge in [0.1, 0.15) is 18.2 Å². The lowest BCUT2D eigenvalue weighted by Crippen LogP contribution is -2.53. The molecule has 0 bridgehead atoms. The van der Waals surface area contributed by atoms with Crippen molar-refractivity contribution in [2.24, 2.45) is 5.92 Å². The zero-order valence-corrected chi connectivity index (χ0v) is 12.3. The summed E-state index contributed by atoms with van der Waals surface area (Å²) in [5.74, 6) is 0.929. The molecule has 0 aliphatic carbocycles. The largest absolute Gasteiger partial charge is 0.315 e. The highest BCUT2D eigenvalue weighted by Crippen LogP contribution is 2.33. The SMILES string of the molecule is N#Cc1cc(C2CNC3CNCCC3C2)cc(C#N)c1C#N. The van der Waals surface area contributed by atoms with Gasteiger partial charge in [-0.2, -0.15) is 15.8 Å². The number of nitrogens with zero attached hydrogens (tertiary/aromatic N) is 3. The molecular weight excluding hydrogens is 274 g/mol. The van der Waals surface area contributed by atoms with Crippen LogP contribution in [-0.4, -0.2) is 25.7 Å². The predicted molar refractivity (Wildman–Crippen MR) is 80.7 cm³/mol. The lowest BCUT2D eigenvalue weighted by molar-refractivity contribution is 0.207. The molecular formula is C17H17N5. The molecule has 0 spiro atoms. The minimum absolute atomic E-state index is 0.192. The van der Waals surface area contributed by atoms with Crippen molar-refractivity contribution in [2.75, 3.05) is 19.6 Å². The van der Waals surface area contributed by atoms with Crippen LogP contribution in [0.15, 0.2) is 12.1 Å². The summed E-state index contributed by atoms with van der Waals surface area (Å²) >= 11 is 0. The fraction of sp³-hybridized carbons (Fsp3) is 0.471. The third kappa shape index (κ3) is 2.55. The minimum atomic E-state index is 0.192. The molecule has 0 saturated carbocycles. The van der Waals surface area contributed by atoms with Gasteiger partial charge in [0.15, 0.2) is 0 Å². The van der Waals surface area contributed by atoms with Crippen LogP contribution in [0.25, 0.3) is 0 Å². The zero-order chi connectivity index (χ0) is 15.5. The van der Waals surface area contributed by atoms with Gasteiger partial charge in [0.05, 0.1) is 16.7 Å². The number of benzene rings is 1. The van der Waals surface area contributed by atoms with Gasteiger partial charge in [0.25, 0.3) is 0 Å². The van der Waals surface area contributed by atoms with Crippen LogP contribution >= 0.6 is 0 Å². The Kier molecular flexibility index (Phi) is 4.07. The van der Waals surface area contributed by atoms with Crippen molar-refractivity contribution in [2.45, 2.75) is 24.8 Å². The molecule has 3 atom stereocenters. The van der Waals surface area contributed by atoms with Crippen LogP contribution in [0.1, 0.15) is 41.0 Å². The first kappa shape index (κ1) is 14.5. The van der Waals surface area contributed by atoms with E-state index in [1.807, 2.05) is 6.07 Å². The van der Waals surface area contributed by atoms with E-state index >= 15 is 0 Å². The predicted octanol–water partition coefficient (Wildman–Crippen LogP) is 1.36. The summed E-state index contributed by atoms with van der Waals surface area (Å²) < 4.78 is 0. The molecule has 0 aromatic heterocycles. The summed E-state index contributed by atoms with van der Waals surface area (Å²) in [7, 11) is 0. The fourth-order valence-corrected chi connectivity index (χ4v) is 3.63. The first-order valence-corrected chi connectivity index (χ1v) is 7.59. The molecule has 0 amide bonds. The van der Waals surface area contributed by atoms with Crippen LogP contribution in [0.3, 0.4) is 0 Å². The highest BCUT2D eigenvalue weighted by atomic mass is 15.0. The Bertz CT molecular complexity index is 668. The lowest BCUT2D eigenvalue weighted by Gasteiger charge is -2.40. The van der Waals surface area contributed by atoms with E-state index in [0.29, 0.717) is 29.0 Å². The van der Waals surface area contributed by atoms with E-state index in [9.17, 15) is 10.5 Å². The quantitative estimate of drug-likeness (QED) is 0.814. The van der Waals surface area contributed by atoms with Gasteiger partial charge in [0, 0.05) is 19.1 Å². The zero-order valence-electron chi connectivity index (χ0n) is 12.3. The lowest BCUT2D eigenvalue weighted by atomic mass is 9.77. The summed E-state index contributed by atoms with van der Waals surface area (Å²) in [5.41, 5.74) is 1.81. The van der Waals surface area contributed by atoms with E-state index in [-0.39, 0.29) is 5.56 Å². The van der Waals surface area contributed by atoms with Crippen LogP contribution in [-0.2, 0) is 0 Å². The highest BCUT2D eigenvalue weighted by molar-refractivity contribution is 5.57. The average Bonchev–Trinajstić information content (AvgIpc) is 2.59. The van der Waals surface area contributed by atoms with Crippen LogP contribution in [0, 0.1) is 39.9 Å². The molecule has 1 aromatic rings. The van der Waals surface area contributed by atoms with Gasteiger partial charge in [-0.05, 0) is 48.9 Å². The van der Waals surface area contributed by atoms with Crippen LogP contribution < -0.4 is 10.6 Å². The number of hydrogen-bond acceptors (Lipinski definition) is 5. The Balaban J connectivity index is 1.91. The van der Waals surface area contributed by atoms with E-state index in [1.165, 1.54) is 0 Å². The number of hydrogen-bond donors (Lipinski definition) is 2. The topological polar surface area (TPSA) is 95.4 Å². The molecule has 2 aliphatic rings. The molecule has 2 heterocycles. The highest BCUT2D eigenvalue weighted by Gasteiger charge is 2.32. The van der Waals surface area contributed by atoms with Gasteiger partial charge in [-0.15, -0.1) is 0 Å². The van der Waals surface area contributed by atoms with Gasteiger partial charge >= 0.3 is 0 Å². The van der Waals surface area contributed by atoms with Crippen LogP contribution in [0.5, 0.6) is 0 Å². The van der Waals surface area contributed by atoms with Gasteiger partial charge in [-0.1, -0.05) is 0 Å². The summed E-state index contributed by atoms with van der Waals surface area (Å²) in [6.07, 6.45) is 2.22. The van der Waals surface area contributed by atoms with Crippen molar-refractivity contribution in [3.8, 4) is 18.2 Å². The second kappa shape index (κ2) is 6.16. The Morgan fingerprint density at radius 1 is 1.00 bits per heavy atom. The normalized spacial score (nSPS) is 27.0. The van der Waals surface area contributed by atoms with Crippen LogP contribution in [0.2, 0.25) is 0 Å². The van der Waals surface area contributed by atoms with E-state index < -0.39 is 0 Å². The van der Waals surface area contributed by atoms with Crippen molar-refractivity contribution in [1.82, 2.24) is 10.6 Å². The molecule has 3 rings (SSSR count).